The quantitative estimate of drug-likeness (QED) is 0.490. The number of hydrogen-bond donors (Lipinski definition) is 2. The lowest BCUT2D eigenvalue weighted by atomic mass is 9.72. The Bertz CT molecular complexity index is 1280. The monoisotopic (exact) mass is 490 g/mol. The van der Waals surface area contributed by atoms with Crippen molar-refractivity contribution in [2.24, 2.45) is 5.41 Å². The zero-order valence-electron chi connectivity index (χ0n) is 19.2. The number of phenolic OH excluding ortho intramolecular Hbond substituents is 1. The maximum Gasteiger partial charge on any atom is 0.407 e. The van der Waals surface area contributed by atoms with Crippen LogP contribution in [0.5, 0.6) is 5.75 Å². The number of amides is 1. The van der Waals surface area contributed by atoms with Crippen LogP contribution in [-0.2, 0) is 0 Å². The average Bonchev–Trinajstić information content (AvgIpc) is 2.74. The molecule has 1 unspecified atom stereocenters. The van der Waals surface area contributed by atoms with Crippen molar-refractivity contribution in [1.29, 1.82) is 0 Å². The Morgan fingerprint density at radius 2 is 1.88 bits per heavy atom. The summed E-state index contributed by atoms with van der Waals surface area (Å²) in [5, 5.41) is 20.2. The molecule has 0 bridgehead atoms. The largest absolute Gasteiger partial charge is 0.507 e. The minimum absolute atomic E-state index is 0.0785. The van der Waals surface area contributed by atoms with Crippen molar-refractivity contribution in [1.82, 2.24) is 14.9 Å². The molecule has 1 aliphatic rings. The first-order valence-electron chi connectivity index (χ1n) is 10.7. The minimum Gasteiger partial charge on any atom is -0.507 e. The topological polar surface area (TPSA) is 89.8 Å². The van der Waals surface area contributed by atoms with Gasteiger partial charge in [0.25, 0.3) is 0 Å². The van der Waals surface area contributed by atoms with Crippen LogP contribution < -0.4 is 4.90 Å². The number of aromatic hydroxyl groups is 1. The van der Waals surface area contributed by atoms with Gasteiger partial charge in [-0.05, 0) is 30.5 Å². The maximum atomic E-state index is 15.7. The summed E-state index contributed by atoms with van der Waals surface area (Å²) in [6.45, 7) is 8.65. The van der Waals surface area contributed by atoms with E-state index in [1.165, 1.54) is 29.4 Å². The Hall–Kier alpha value is -3.20. The number of hydrogen-bond acceptors (Lipinski definition) is 5. The van der Waals surface area contributed by atoms with Gasteiger partial charge in [0.15, 0.2) is 5.82 Å². The van der Waals surface area contributed by atoms with Crippen LogP contribution in [0.2, 0.25) is 5.02 Å². The molecule has 180 valence electrons. The van der Waals surface area contributed by atoms with Gasteiger partial charge in [0, 0.05) is 30.6 Å². The van der Waals surface area contributed by atoms with E-state index in [9.17, 15) is 19.4 Å². The standard InChI is InChI=1S/C24H25ClF2N4O3/c1-23(2,3)24(4)11-30(8-9-31(24)22(33)34)21-13-10-14(25)17(19(27)20(13)28-12-29-21)18-15(26)6-5-7-16(18)32/h5-7,10,12,32H,8-9,11H2,1-4H3,(H,33,34). The SMILES string of the molecule is CC(C)(C)C1(C)CN(c2ncnc3c(F)c(-c4c(O)cccc4F)c(Cl)cc23)CCN1C(=O)O. The molecule has 2 N–H and O–H groups in total. The van der Waals surface area contributed by atoms with Crippen molar-refractivity contribution in [3.63, 3.8) is 0 Å². The first kappa shape index (κ1) is 23.9. The van der Waals surface area contributed by atoms with E-state index in [4.69, 9.17) is 11.6 Å². The third kappa shape index (κ3) is 3.68. The number of benzene rings is 2. The highest BCUT2D eigenvalue weighted by atomic mass is 35.5. The molecule has 34 heavy (non-hydrogen) atoms. The van der Waals surface area contributed by atoms with Gasteiger partial charge in [0.05, 0.1) is 16.1 Å². The van der Waals surface area contributed by atoms with Crippen LogP contribution in [0.25, 0.3) is 22.0 Å². The number of carbonyl (C=O) groups is 1. The first-order chi connectivity index (χ1) is 15.9. The van der Waals surface area contributed by atoms with Crippen molar-refractivity contribution in [3.8, 4) is 16.9 Å². The van der Waals surface area contributed by atoms with E-state index < -0.39 is 34.4 Å². The van der Waals surface area contributed by atoms with Crippen LogP contribution in [0.4, 0.5) is 19.4 Å². The molecule has 1 amide bonds. The summed E-state index contributed by atoms with van der Waals surface area (Å²) in [7, 11) is 0. The molecule has 1 fully saturated rings. The number of anilines is 1. The first-order valence-corrected chi connectivity index (χ1v) is 11.1. The van der Waals surface area contributed by atoms with Crippen LogP contribution in [0, 0.1) is 17.0 Å². The number of halogens is 3. The summed E-state index contributed by atoms with van der Waals surface area (Å²) in [6, 6.07) is 5.12. The van der Waals surface area contributed by atoms with Gasteiger partial charge in [-0.2, -0.15) is 0 Å². The van der Waals surface area contributed by atoms with Crippen molar-refractivity contribution in [2.75, 3.05) is 24.5 Å². The Balaban J connectivity index is 1.87. The lowest BCUT2D eigenvalue weighted by Crippen LogP contribution is -2.67. The van der Waals surface area contributed by atoms with Gasteiger partial charge >= 0.3 is 6.09 Å². The zero-order chi connectivity index (χ0) is 25.0. The summed E-state index contributed by atoms with van der Waals surface area (Å²) in [6.07, 6.45) is 0.200. The molecular weight excluding hydrogens is 466 g/mol. The Morgan fingerprint density at radius 3 is 2.50 bits per heavy atom. The minimum atomic E-state index is -1.01. The normalized spacial score (nSPS) is 19.0. The van der Waals surface area contributed by atoms with Crippen molar-refractivity contribution in [3.05, 3.63) is 47.2 Å². The van der Waals surface area contributed by atoms with Gasteiger partial charge in [-0.15, -0.1) is 0 Å². The molecule has 0 radical (unpaired) electrons. The van der Waals surface area contributed by atoms with Crippen LogP contribution in [0.1, 0.15) is 27.7 Å². The second-order valence-electron chi connectivity index (χ2n) is 9.65. The van der Waals surface area contributed by atoms with Crippen molar-refractivity contribution < 1.29 is 23.8 Å². The summed E-state index contributed by atoms with van der Waals surface area (Å²) in [4.78, 5) is 23.7. The molecule has 1 saturated heterocycles. The lowest BCUT2D eigenvalue weighted by Gasteiger charge is -2.54. The van der Waals surface area contributed by atoms with E-state index in [0.29, 0.717) is 24.3 Å². The van der Waals surface area contributed by atoms with E-state index >= 15 is 4.39 Å². The molecular formula is C24H25ClF2N4O3. The van der Waals surface area contributed by atoms with E-state index in [1.807, 2.05) is 32.6 Å². The van der Waals surface area contributed by atoms with Gasteiger partial charge in [0.2, 0.25) is 0 Å². The molecule has 1 atom stereocenters. The lowest BCUT2D eigenvalue weighted by molar-refractivity contribution is 0.00734. The highest BCUT2D eigenvalue weighted by Crippen LogP contribution is 2.44. The van der Waals surface area contributed by atoms with E-state index in [-0.39, 0.29) is 28.2 Å². The van der Waals surface area contributed by atoms with Gasteiger partial charge in [-0.25, -0.2) is 23.5 Å². The number of aromatic nitrogens is 2. The fourth-order valence-corrected chi connectivity index (χ4v) is 4.78. The summed E-state index contributed by atoms with van der Waals surface area (Å²) in [5.41, 5.74) is -1.89. The molecule has 0 aliphatic carbocycles. The molecule has 0 saturated carbocycles. The van der Waals surface area contributed by atoms with E-state index in [0.717, 1.165) is 6.07 Å². The highest BCUT2D eigenvalue weighted by molar-refractivity contribution is 6.34. The summed E-state index contributed by atoms with van der Waals surface area (Å²) in [5.74, 6) is -1.75. The molecule has 10 heteroatoms. The van der Waals surface area contributed by atoms with Crippen LogP contribution in [-0.4, -0.2) is 56.3 Å². The second kappa shape index (κ2) is 8.23. The number of phenols is 1. The molecule has 3 aromatic rings. The van der Waals surface area contributed by atoms with E-state index in [1.54, 1.807) is 0 Å². The molecule has 0 spiro atoms. The Kier molecular flexibility index (Phi) is 5.80. The maximum absolute atomic E-state index is 15.7. The predicted octanol–water partition coefficient (Wildman–Crippen LogP) is 5.54. The van der Waals surface area contributed by atoms with Gasteiger partial charge in [-0.1, -0.05) is 38.4 Å². The Labute approximate surface area is 200 Å². The fraction of sp³-hybridized carbons (Fsp3) is 0.375. The molecule has 4 rings (SSSR count). The van der Waals surface area contributed by atoms with Crippen LogP contribution in [0.15, 0.2) is 30.6 Å². The molecule has 1 aromatic heterocycles. The molecule has 1 aliphatic heterocycles. The van der Waals surface area contributed by atoms with Gasteiger partial charge in [-0.3, -0.25) is 4.90 Å². The van der Waals surface area contributed by atoms with Gasteiger partial charge in [0.1, 0.15) is 29.2 Å². The van der Waals surface area contributed by atoms with Crippen LogP contribution >= 0.6 is 11.6 Å². The average molecular weight is 491 g/mol. The van der Waals surface area contributed by atoms with Gasteiger partial charge < -0.3 is 15.1 Å². The van der Waals surface area contributed by atoms with Crippen molar-refractivity contribution in [2.45, 2.75) is 33.2 Å². The number of carboxylic acid groups (broad SMARTS) is 1. The molecule has 2 aromatic carbocycles. The molecule has 7 nitrogen and oxygen atoms in total. The molecule has 2 heterocycles. The van der Waals surface area contributed by atoms with E-state index in [2.05, 4.69) is 9.97 Å². The number of nitrogens with zero attached hydrogens (tertiary/aromatic N) is 4. The number of rotatable bonds is 2. The number of fused-ring (bicyclic) bond motifs is 1. The fourth-order valence-electron chi connectivity index (χ4n) is 4.49. The smallest absolute Gasteiger partial charge is 0.407 e. The van der Waals surface area contributed by atoms with Crippen LogP contribution in [0.3, 0.4) is 0 Å². The van der Waals surface area contributed by atoms with Crippen molar-refractivity contribution >= 4 is 34.4 Å². The summed E-state index contributed by atoms with van der Waals surface area (Å²) < 4.78 is 30.2. The number of piperazine rings is 1. The third-order valence-electron chi connectivity index (χ3n) is 6.88. The highest BCUT2D eigenvalue weighted by Gasteiger charge is 2.49. The summed E-state index contributed by atoms with van der Waals surface area (Å²) >= 11 is 6.41. The zero-order valence-corrected chi connectivity index (χ0v) is 20.0. The Morgan fingerprint density at radius 1 is 1.18 bits per heavy atom. The third-order valence-corrected chi connectivity index (χ3v) is 7.17. The second-order valence-corrected chi connectivity index (χ2v) is 10.1. The predicted molar refractivity (Wildman–Crippen MR) is 126 cm³/mol.